The summed E-state index contributed by atoms with van der Waals surface area (Å²) in [7, 11) is 1.64. The molecule has 2 aromatic carbocycles. The maximum Gasteiger partial charge on any atom is 0.220 e. The fourth-order valence-electron chi connectivity index (χ4n) is 2.35. The molecule has 0 fully saturated rings. The molecule has 4 heteroatoms. The molecule has 0 aliphatic heterocycles. The summed E-state index contributed by atoms with van der Waals surface area (Å²) in [5.41, 5.74) is 2.26. The van der Waals surface area contributed by atoms with E-state index >= 15 is 0 Å². The highest BCUT2D eigenvalue weighted by Gasteiger charge is 2.03. The molecule has 0 aromatic heterocycles. The maximum absolute atomic E-state index is 11.9. The van der Waals surface area contributed by atoms with E-state index in [2.05, 4.69) is 5.32 Å². The number of amides is 1. The molecular weight excluding hydrogens is 310 g/mol. The van der Waals surface area contributed by atoms with Crippen molar-refractivity contribution in [1.29, 1.82) is 0 Å². The Kier molecular flexibility index (Phi) is 6.95. The minimum absolute atomic E-state index is 0.0833. The Morgan fingerprint density at radius 2 is 1.83 bits per heavy atom. The quantitative estimate of drug-likeness (QED) is 0.742. The normalized spacial score (nSPS) is 10.3. The molecule has 0 unspecified atom stereocenters. The van der Waals surface area contributed by atoms with E-state index in [-0.39, 0.29) is 5.91 Å². The monoisotopic (exact) mass is 331 g/mol. The maximum atomic E-state index is 11.9. The summed E-state index contributed by atoms with van der Waals surface area (Å²) < 4.78 is 5.12. The lowest BCUT2D eigenvalue weighted by molar-refractivity contribution is -0.121. The Morgan fingerprint density at radius 3 is 2.52 bits per heavy atom. The number of methoxy groups -OCH3 is 1. The molecule has 0 atom stereocenters. The van der Waals surface area contributed by atoms with E-state index in [4.69, 9.17) is 16.3 Å². The van der Waals surface area contributed by atoms with Crippen LogP contribution in [0.3, 0.4) is 0 Å². The zero-order valence-electron chi connectivity index (χ0n) is 13.3. The highest BCUT2D eigenvalue weighted by molar-refractivity contribution is 6.31. The summed E-state index contributed by atoms with van der Waals surface area (Å²) in [5, 5.41) is 3.75. The summed E-state index contributed by atoms with van der Waals surface area (Å²) in [6.07, 6.45) is 3.00. The van der Waals surface area contributed by atoms with E-state index in [1.807, 2.05) is 48.5 Å². The molecule has 122 valence electrons. The van der Waals surface area contributed by atoms with Gasteiger partial charge in [0.25, 0.3) is 0 Å². The summed E-state index contributed by atoms with van der Waals surface area (Å²) in [4.78, 5) is 11.9. The molecule has 0 aliphatic carbocycles. The summed E-state index contributed by atoms with van der Waals surface area (Å²) in [6.45, 7) is 0.673. The number of benzene rings is 2. The van der Waals surface area contributed by atoms with Crippen molar-refractivity contribution < 1.29 is 9.53 Å². The van der Waals surface area contributed by atoms with Crippen LogP contribution in [0.2, 0.25) is 5.02 Å². The van der Waals surface area contributed by atoms with E-state index in [1.165, 1.54) is 0 Å². The van der Waals surface area contributed by atoms with Gasteiger partial charge in [-0.25, -0.2) is 0 Å². The van der Waals surface area contributed by atoms with Crippen LogP contribution in [0.15, 0.2) is 48.5 Å². The van der Waals surface area contributed by atoms with Gasteiger partial charge in [0.05, 0.1) is 7.11 Å². The van der Waals surface area contributed by atoms with Gasteiger partial charge in [-0.2, -0.15) is 0 Å². The van der Waals surface area contributed by atoms with Gasteiger partial charge in [-0.05, 0) is 48.6 Å². The molecule has 2 rings (SSSR count). The van der Waals surface area contributed by atoms with Crippen LogP contribution in [0.25, 0.3) is 0 Å². The average Bonchev–Trinajstić information content (AvgIpc) is 2.59. The third-order valence-electron chi connectivity index (χ3n) is 3.70. The number of ether oxygens (including phenoxy) is 1. The fraction of sp³-hybridized carbons (Fsp3) is 0.316. The van der Waals surface area contributed by atoms with Crippen LogP contribution < -0.4 is 10.1 Å². The molecule has 0 radical (unpaired) electrons. The third kappa shape index (κ3) is 5.95. The van der Waals surface area contributed by atoms with Crippen molar-refractivity contribution >= 4 is 17.5 Å². The predicted molar refractivity (Wildman–Crippen MR) is 94.1 cm³/mol. The first kappa shape index (κ1) is 17.4. The predicted octanol–water partition coefficient (Wildman–Crippen LogP) is 4.03. The van der Waals surface area contributed by atoms with Crippen molar-refractivity contribution in [1.82, 2.24) is 5.32 Å². The number of carbonyl (C=O) groups excluding carboxylic acids is 1. The van der Waals surface area contributed by atoms with Crippen LogP contribution in [0.1, 0.15) is 24.0 Å². The summed E-state index contributed by atoms with van der Waals surface area (Å²) in [6, 6.07) is 15.6. The van der Waals surface area contributed by atoms with Gasteiger partial charge < -0.3 is 10.1 Å². The van der Waals surface area contributed by atoms with Crippen molar-refractivity contribution in [2.24, 2.45) is 0 Å². The topological polar surface area (TPSA) is 38.3 Å². The SMILES string of the molecule is COc1ccc(CCC(=O)NCCCc2ccccc2Cl)cc1. The number of aryl methyl sites for hydroxylation is 2. The molecule has 3 nitrogen and oxygen atoms in total. The van der Waals surface area contributed by atoms with E-state index in [9.17, 15) is 4.79 Å². The molecule has 0 saturated carbocycles. The summed E-state index contributed by atoms with van der Waals surface area (Å²) >= 11 is 6.11. The number of hydrogen-bond donors (Lipinski definition) is 1. The highest BCUT2D eigenvalue weighted by atomic mass is 35.5. The number of carbonyl (C=O) groups is 1. The lowest BCUT2D eigenvalue weighted by Gasteiger charge is -2.07. The Labute approximate surface area is 142 Å². The summed E-state index contributed by atoms with van der Waals surface area (Å²) in [5.74, 6) is 0.915. The first-order valence-electron chi connectivity index (χ1n) is 7.82. The van der Waals surface area contributed by atoms with Crippen LogP contribution in [-0.2, 0) is 17.6 Å². The highest BCUT2D eigenvalue weighted by Crippen LogP contribution is 2.16. The lowest BCUT2D eigenvalue weighted by atomic mass is 10.1. The van der Waals surface area contributed by atoms with Gasteiger partial charge in [0.1, 0.15) is 5.75 Å². The van der Waals surface area contributed by atoms with Crippen LogP contribution in [-0.4, -0.2) is 19.6 Å². The molecule has 0 spiro atoms. The Hall–Kier alpha value is -2.00. The van der Waals surface area contributed by atoms with Gasteiger partial charge in [-0.15, -0.1) is 0 Å². The molecule has 1 amide bonds. The minimum atomic E-state index is 0.0833. The van der Waals surface area contributed by atoms with Crippen LogP contribution in [0.4, 0.5) is 0 Å². The first-order valence-corrected chi connectivity index (χ1v) is 8.20. The molecule has 0 saturated heterocycles. The van der Waals surface area contributed by atoms with Gasteiger partial charge in [0.15, 0.2) is 0 Å². The van der Waals surface area contributed by atoms with Crippen molar-refractivity contribution in [3.8, 4) is 5.75 Å². The number of halogens is 1. The van der Waals surface area contributed by atoms with Crippen LogP contribution in [0.5, 0.6) is 5.75 Å². The Bertz CT molecular complexity index is 626. The zero-order valence-corrected chi connectivity index (χ0v) is 14.1. The molecule has 0 bridgehead atoms. The second kappa shape index (κ2) is 9.21. The van der Waals surface area contributed by atoms with Crippen molar-refractivity contribution in [2.45, 2.75) is 25.7 Å². The zero-order chi connectivity index (χ0) is 16.5. The van der Waals surface area contributed by atoms with E-state index in [1.54, 1.807) is 7.11 Å². The van der Waals surface area contributed by atoms with Crippen molar-refractivity contribution in [3.05, 3.63) is 64.7 Å². The molecule has 23 heavy (non-hydrogen) atoms. The average molecular weight is 332 g/mol. The van der Waals surface area contributed by atoms with Crippen LogP contribution >= 0.6 is 11.6 Å². The molecular formula is C19H22ClNO2. The smallest absolute Gasteiger partial charge is 0.220 e. The molecule has 0 heterocycles. The number of rotatable bonds is 8. The van der Waals surface area contributed by atoms with Crippen molar-refractivity contribution in [3.63, 3.8) is 0 Å². The molecule has 2 aromatic rings. The lowest BCUT2D eigenvalue weighted by Crippen LogP contribution is -2.25. The Morgan fingerprint density at radius 1 is 1.09 bits per heavy atom. The first-order chi connectivity index (χ1) is 11.2. The molecule has 0 aliphatic rings. The number of nitrogens with one attached hydrogen (secondary N) is 1. The standard InChI is InChI=1S/C19H22ClNO2/c1-23-17-11-8-15(9-12-17)10-13-19(22)21-14-4-6-16-5-2-3-7-18(16)20/h2-3,5,7-9,11-12H,4,6,10,13-14H2,1H3,(H,21,22). The van der Waals surface area contributed by atoms with E-state index in [0.717, 1.165) is 41.2 Å². The van der Waals surface area contributed by atoms with Crippen LogP contribution in [0, 0.1) is 0 Å². The van der Waals surface area contributed by atoms with Gasteiger partial charge in [0.2, 0.25) is 5.91 Å². The number of hydrogen-bond acceptors (Lipinski definition) is 2. The van der Waals surface area contributed by atoms with Gasteiger partial charge in [-0.3, -0.25) is 4.79 Å². The largest absolute Gasteiger partial charge is 0.497 e. The second-order valence-corrected chi connectivity index (χ2v) is 5.80. The van der Waals surface area contributed by atoms with Gasteiger partial charge in [-0.1, -0.05) is 41.9 Å². The Balaban J connectivity index is 1.64. The fourth-order valence-corrected chi connectivity index (χ4v) is 2.58. The van der Waals surface area contributed by atoms with E-state index < -0.39 is 0 Å². The van der Waals surface area contributed by atoms with Gasteiger partial charge in [0, 0.05) is 18.0 Å². The van der Waals surface area contributed by atoms with Crippen molar-refractivity contribution in [2.75, 3.05) is 13.7 Å². The second-order valence-electron chi connectivity index (χ2n) is 5.39. The van der Waals surface area contributed by atoms with E-state index in [0.29, 0.717) is 13.0 Å². The third-order valence-corrected chi connectivity index (χ3v) is 4.07. The van der Waals surface area contributed by atoms with Gasteiger partial charge >= 0.3 is 0 Å². The molecule has 1 N–H and O–H groups in total. The minimum Gasteiger partial charge on any atom is -0.497 e.